The van der Waals surface area contributed by atoms with Gasteiger partial charge in [0.1, 0.15) is 0 Å². The Morgan fingerprint density at radius 3 is 2.39 bits per heavy atom. The maximum absolute atomic E-state index is 12.4. The summed E-state index contributed by atoms with van der Waals surface area (Å²) >= 11 is 0. The first-order valence-corrected chi connectivity index (χ1v) is 11.3. The number of likely N-dealkylation sites (N-methyl/N-ethyl adjacent to an activating group) is 1. The second kappa shape index (κ2) is 9.40. The highest BCUT2D eigenvalue weighted by atomic mass is 16.5. The Balaban J connectivity index is 2.29. The summed E-state index contributed by atoms with van der Waals surface area (Å²) in [7, 11) is 1.88. The Morgan fingerprint density at radius 1 is 1.12 bits per heavy atom. The van der Waals surface area contributed by atoms with Gasteiger partial charge in [-0.1, -0.05) is 24.3 Å². The number of fused-ring (bicyclic) bond motifs is 1. The Kier molecular flexibility index (Phi) is 6.98. The number of hydrogen-bond acceptors (Lipinski definition) is 4. The largest absolute Gasteiger partial charge is 0.479 e. The predicted molar refractivity (Wildman–Crippen MR) is 130 cm³/mol. The zero-order valence-corrected chi connectivity index (χ0v) is 20.6. The van der Waals surface area contributed by atoms with E-state index in [1.807, 2.05) is 70.8 Å². The molecule has 0 radical (unpaired) electrons. The number of rotatable bonds is 6. The van der Waals surface area contributed by atoms with E-state index < -0.39 is 17.7 Å². The number of carbonyl (C=O) groups excluding carboxylic acids is 1. The molecule has 1 unspecified atom stereocenters. The molecule has 1 aliphatic rings. The van der Waals surface area contributed by atoms with E-state index in [2.05, 4.69) is 18.3 Å². The Bertz CT molecular complexity index is 1110. The average Bonchev–Trinajstić information content (AvgIpc) is 2.72. The van der Waals surface area contributed by atoms with Crippen LogP contribution in [0.25, 0.3) is 5.57 Å². The van der Waals surface area contributed by atoms with Gasteiger partial charge in [0, 0.05) is 31.3 Å². The number of nitrogens with one attached hydrogen (secondary N) is 1. The van der Waals surface area contributed by atoms with Gasteiger partial charge in [-0.05, 0) is 81.5 Å². The van der Waals surface area contributed by atoms with E-state index in [1.165, 1.54) is 0 Å². The molecule has 6 heteroatoms. The number of carboxylic acids is 1. The van der Waals surface area contributed by atoms with E-state index in [9.17, 15) is 14.7 Å². The van der Waals surface area contributed by atoms with Gasteiger partial charge in [-0.15, -0.1) is 0 Å². The molecule has 1 heterocycles. The standard InChI is InChI=1S/C27H34N2O4/c1-8-28-25(30)19-11-12-21-20(14-19)15-29(7)23(24(26(31)32)33-27(4,5)6)22(21)18-10-9-16(2)17(3)13-18/h9-14,24H,8,15H2,1-7H3,(H,28,30)(H,31,32). The van der Waals surface area contributed by atoms with Crippen molar-refractivity contribution in [2.45, 2.75) is 59.8 Å². The number of benzene rings is 2. The van der Waals surface area contributed by atoms with E-state index in [1.54, 1.807) is 6.07 Å². The highest BCUT2D eigenvalue weighted by molar-refractivity contribution is 5.96. The molecule has 0 spiro atoms. The molecular formula is C27H34N2O4. The number of hydrogen-bond donors (Lipinski definition) is 2. The van der Waals surface area contributed by atoms with Crippen LogP contribution in [-0.4, -0.2) is 47.2 Å². The molecule has 33 heavy (non-hydrogen) atoms. The van der Waals surface area contributed by atoms with Crippen molar-refractivity contribution in [3.63, 3.8) is 0 Å². The Labute approximate surface area is 196 Å². The number of aliphatic carboxylic acids is 1. The van der Waals surface area contributed by atoms with Crippen LogP contribution < -0.4 is 5.32 Å². The van der Waals surface area contributed by atoms with Crippen LogP contribution in [-0.2, 0) is 16.1 Å². The van der Waals surface area contributed by atoms with Crippen LogP contribution in [0.3, 0.4) is 0 Å². The third-order valence-corrected chi connectivity index (χ3v) is 5.79. The maximum Gasteiger partial charge on any atom is 0.339 e. The molecule has 0 saturated carbocycles. The highest BCUT2D eigenvalue weighted by Gasteiger charge is 2.36. The van der Waals surface area contributed by atoms with Crippen molar-refractivity contribution < 1.29 is 19.4 Å². The van der Waals surface area contributed by atoms with Crippen LogP contribution in [0.5, 0.6) is 0 Å². The lowest BCUT2D eigenvalue weighted by atomic mass is 9.85. The molecule has 3 rings (SSSR count). The zero-order valence-electron chi connectivity index (χ0n) is 20.6. The van der Waals surface area contributed by atoms with Crippen LogP contribution >= 0.6 is 0 Å². The van der Waals surface area contributed by atoms with Gasteiger partial charge >= 0.3 is 5.97 Å². The van der Waals surface area contributed by atoms with Gasteiger partial charge in [-0.3, -0.25) is 4.79 Å². The summed E-state index contributed by atoms with van der Waals surface area (Å²) < 4.78 is 6.06. The summed E-state index contributed by atoms with van der Waals surface area (Å²) in [6, 6.07) is 11.8. The summed E-state index contributed by atoms with van der Waals surface area (Å²) in [5, 5.41) is 13.0. The number of nitrogens with zero attached hydrogens (tertiary/aromatic N) is 1. The normalized spacial score (nSPS) is 14.7. The minimum atomic E-state index is -1.14. The maximum atomic E-state index is 12.4. The van der Waals surface area contributed by atoms with E-state index >= 15 is 0 Å². The monoisotopic (exact) mass is 450 g/mol. The molecule has 0 aromatic heterocycles. The van der Waals surface area contributed by atoms with Gasteiger partial charge in [0.15, 0.2) is 6.10 Å². The number of carbonyl (C=O) groups is 2. The van der Waals surface area contributed by atoms with Gasteiger partial charge < -0.3 is 20.1 Å². The second-order valence-electron chi connectivity index (χ2n) is 9.60. The summed E-state index contributed by atoms with van der Waals surface area (Å²) in [6.07, 6.45) is -1.14. The average molecular weight is 451 g/mol. The predicted octanol–water partition coefficient (Wildman–Crippen LogP) is 4.53. The summed E-state index contributed by atoms with van der Waals surface area (Å²) in [4.78, 5) is 26.8. The molecule has 0 fully saturated rings. The van der Waals surface area contributed by atoms with E-state index in [0.717, 1.165) is 33.4 Å². The first-order valence-electron chi connectivity index (χ1n) is 11.3. The highest BCUT2D eigenvalue weighted by Crippen LogP contribution is 2.39. The van der Waals surface area contributed by atoms with E-state index in [0.29, 0.717) is 24.4 Å². The molecule has 6 nitrogen and oxygen atoms in total. The molecule has 2 aromatic carbocycles. The SMILES string of the molecule is CCNC(=O)c1ccc2c(c1)CN(C)C(C(OC(C)(C)C)C(=O)O)=C2c1ccc(C)c(C)c1. The van der Waals surface area contributed by atoms with Crippen LogP contribution in [0.4, 0.5) is 0 Å². The van der Waals surface area contributed by atoms with Crippen LogP contribution in [0.1, 0.15) is 65.9 Å². The van der Waals surface area contributed by atoms with Gasteiger partial charge in [-0.2, -0.15) is 0 Å². The third kappa shape index (κ3) is 5.28. The topological polar surface area (TPSA) is 78.9 Å². The minimum absolute atomic E-state index is 0.120. The van der Waals surface area contributed by atoms with Gasteiger partial charge in [0.25, 0.3) is 5.91 Å². The van der Waals surface area contributed by atoms with Crippen molar-refractivity contribution in [2.75, 3.05) is 13.6 Å². The molecule has 1 amide bonds. The molecule has 0 aliphatic carbocycles. The molecule has 2 aromatic rings. The van der Waals surface area contributed by atoms with Crippen molar-refractivity contribution in [2.24, 2.45) is 0 Å². The number of carboxylic acid groups (broad SMARTS) is 1. The lowest BCUT2D eigenvalue weighted by Crippen LogP contribution is -2.41. The molecule has 1 atom stereocenters. The molecule has 176 valence electrons. The number of aryl methyl sites for hydroxylation is 2. The molecule has 0 bridgehead atoms. The first kappa shape index (κ1) is 24.5. The fraction of sp³-hybridized carbons (Fsp3) is 0.407. The van der Waals surface area contributed by atoms with Crippen molar-refractivity contribution in [3.8, 4) is 0 Å². The van der Waals surface area contributed by atoms with Gasteiger partial charge in [0.2, 0.25) is 0 Å². The first-order chi connectivity index (χ1) is 15.4. The Morgan fingerprint density at radius 2 is 1.82 bits per heavy atom. The quantitative estimate of drug-likeness (QED) is 0.676. The third-order valence-electron chi connectivity index (χ3n) is 5.79. The van der Waals surface area contributed by atoms with E-state index in [-0.39, 0.29) is 5.91 Å². The minimum Gasteiger partial charge on any atom is -0.479 e. The fourth-order valence-corrected chi connectivity index (χ4v) is 4.15. The van der Waals surface area contributed by atoms with Crippen molar-refractivity contribution >= 4 is 17.4 Å². The Hall–Kier alpha value is -3.12. The van der Waals surface area contributed by atoms with Crippen molar-refractivity contribution in [3.05, 3.63) is 75.5 Å². The lowest BCUT2D eigenvalue weighted by molar-refractivity contribution is -0.157. The number of ether oxygens (including phenoxy) is 1. The molecule has 1 aliphatic heterocycles. The van der Waals surface area contributed by atoms with Crippen molar-refractivity contribution in [1.29, 1.82) is 0 Å². The number of amides is 1. The van der Waals surface area contributed by atoms with Crippen LogP contribution in [0, 0.1) is 13.8 Å². The molecule has 2 N–H and O–H groups in total. The summed E-state index contributed by atoms with van der Waals surface area (Å²) in [5.41, 5.74) is 6.48. The molecular weight excluding hydrogens is 416 g/mol. The van der Waals surface area contributed by atoms with Gasteiger partial charge in [-0.25, -0.2) is 4.79 Å². The van der Waals surface area contributed by atoms with Crippen LogP contribution in [0.15, 0.2) is 42.1 Å². The fourth-order valence-electron chi connectivity index (χ4n) is 4.15. The molecule has 0 saturated heterocycles. The van der Waals surface area contributed by atoms with Crippen molar-refractivity contribution in [1.82, 2.24) is 10.2 Å². The smallest absolute Gasteiger partial charge is 0.339 e. The summed E-state index contributed by atoms with van der Waals surface area (Å²) in [6.45, 7) is 12.6. The summed E-state index contributed by atoms with van der Waals surface area (Å²) in [5.74, 6) is -1.15. The van der Waals surface area contributed by atoms with Gasteiger partial charge in [0.05, 0.1) is 11.3 Å². The zero-order chi connectivity index (χ0) is 24.5. The lowest BCUT2D eigenvalue weighted by Gasteiger charge is -2.37. The second-order valence-corrected chi connectivity index (χ2v) is 9.60. The van der Waals surface area contributed by atoms with Crippen LogP contribution in [0.2, 0.25) is 0 Å². The van der Waals surface area contributed by atoms with E-state index in [4.69, 9.17) is 4.74 Å².